The number of amides is 1. The molecule has 0 aliphatic carbocycles. The lowest BCUT2D eigenvalue weighted by Crippen LogP contribution is -2.29. The van der Waals surface area contributed by atoms with Gasteiger partial charge in [-0.25, -0.2) is 4.98 Å². The number of anilines is 2. The van der Waals surface area contributed by atoms with Crippen LogP contribution in [0.4, 0.5) is 11.8 Å². The predicted molar refractivity (Wildman–Crippen MR) is 92.9 cm³/mol. The first-order valence-electron chi connectivity index (χ1n) is 8.14. The van der Waals surface area contributed by atoms with Crippen LogP contribution in [0.3, 0.4) is 0 Å². The van der Waals surface area contributed by atoms with Gasteiger partial charge in [0.2, 0.25) is 11.9 Å². The molecule has 2 heterocycles. The van der Waals surface area contributed by atoms with E-state index >= 15 is 0 Å². The largest absolute Gasteiger partial charge is 0.341 e. The maximum atomic E-state index is 11.9. The summed E-state index contributed by atoms with van der Waals surface area (Å²) in [6, 6.07) is 1.84. The van der Waals surface area contributed by atoms with Gasteiger partial charge < -0.3 is 4.90 Å². The highest BCUT2D eigenvalue weighted by molar-refractivity contribution is 5.94. The fraction of sp³-hybridized carbons (Fsp3) is 0.688. The number of rotatable bonds is 8. The van der Waals surface area contributed by atoms with Crippen LogP contribution in [0.15, 0.2) is 12.3 Å². The number of hydrogen-bond donors (Lipinski definition) is 0. The van der Waals surface area contributed by atoms with Crippen LogP contribution >= 0.6 is 12.4 Å². The monoisotopic (exact) mass is 326 g/mol. The average Bonchev–Trinajstić information content (AvgIpc) is 2.94. The molecule has 0 spiro atoms. The van der Waals surface area contributed by atoms with Gasteiger partial charge in [0.25, 0.3) is 0 Å². The van der Waals surface area contributed by atoms with E-state index in [4.69, 9.17) is 0 Å². The summed E-state index contributed by atoms with van der Waals surface area (Å²) >= 11 is 0. The molecule has 0 saturated carbocycles. The van der Waals surface area contributed by atoms with Gasteiger partial charge in [0.15, 0.2) is 0 Å². The van der Waals surface area contributed by atoms with E-state index in [0.717, 1.165) is 63.5 Å². The Hall–Kier alpha value is -1.36. The van der Waals surface area contributed by atoms with E-state index in [1.54, 1.807) is 11.1 Å². The highest BCUT2D eigenvalue weighted by atomic mass is 35.5. The normalized spacial score (nSPS) is 14.1. The number of halogens is 1. The van der Waals surface area contributed by atoms with Crippen molar-refractivity contribution in [3.8, 4) is 0 Å². The third-order valence-electron chi connectivity index (χ3n) is 3.82. The maximum absolute atomic E-state index is 11.9. The summed E-state index contributed by atoms with van der Waals surface area (Å²) in [5, 5.41) is 0. The molecule has 1 fully saturated rings. The van der Waals surface area contributed by atoms with Crippen LogP contribution in [-0.4, -0.2) is 35.5 Å². The number of carbonyl (C=O) groups excluding carboxylic acids is 1. The smallest absolute Gasteiger partial charge is 0.228 e. The molecule has 22 heavy (non-hydrogen) atoms. The Labute approximate surface area is 139 Å². The zero-order valence-electron chi connectivity index (χ0n) is 13.6. The second kappa shape index (κ2) is 9.62. The Balaban J connectivity index is 0.00000242. The van der Waals surface area contributed by atoms with E-state index < -0.39 is 0 Å². The quantitative estimate of drug-likeness (QED) is 0.734. The minimum atomic E-state index is 0. The molecule has 1 saturated heterocycles. The van der Waals surface area contributed by atoms with Gasteiger partial charge in [-0.15, -0.1) is 12.4 Å². The molecule has 0 atom stereocenters. The summed E-state index contributed by atoms with van der Waals surface area (Å²) in [7, 11) is 0. The fourth-order valence-corrected chi connectivity index (χ4v) is 2.54. The molecule has 0 unspecified atom stereocenters. The summed E-state index contributed by atoms with van der Waals surface area (Å²) in [5.74, 6) is 1.68. The van der Waals surface area contributed by atoms with Crippen molar-refractivity contribution in [3.05, 3.63) is 12.3 Å². The van der Waals surface area contributed by atoms with Crippen molar-refractivity contribution in [1.29, 1.82) is 0 Å². The van der Waals surface area contributed by atoms with Crippen molar-refractivity contribution in [1.82, 2.24) is 9.97 Å². The van der Waals surface area contributed by atoms with Gasteiger partial charge in [-0.1, -0.05) is 26.7 Å². The number of aromatic nitrogens is 2. The van der Waals surface area contributed by atoms with E-state index in [1.807, 2.05) is 6.07 Å². The van der Waals surface area contributed by atoms with Gasteiger partial charge in [0.05, 0.1) is 0 Å². The zero-order chi connectivity index (χ0) is 15.1. The van der Waals surface area contributed by atoms with Crippen LogP contribution in [0.25, 0.3) is 0 Å². The first-order chi connectivity index (χ1) is 10.3. The van der Waals surface area contributed by atoms with Crippen molar-refractivity contribution < 1.29 is 4.79 Å². The summed E-state index contributed by atoms with van der Waals surface area (Å²) in [6.45, 7) is 7.12. The topological polar surface area (TPSA) is 49.3 Å². The van der Waals surface area contributed by atoms with E-state index in [9.17, 15) is 4.79 Å². The third kappa shape index (κ3) is 4.83. The lowest BCUT2D eigenvalue weighted by Gasteiger charge is -2.23. The Morgan fingerprint density at radius 3 is 2.45 bits per heavy atom. The van der Waals surface area contributed by atoms with Gasteiger partial charge >= 0.3 is 0 Å². The summed E-state index contributed by atoms with van der Waals surface area (Å²) in [5.41, 5.74) is 0. The molecule has 0 bridgehead atoms. The Bertz CT molecular complexity index is 461. The molecule has 2 rings (SSSR count). The number of carbonyl (C=O) groups is 1. The minimum Gasteiger partial charge on any atom is -0.341 e. The molecule has 1 aromatic rings. The van der Waals surface area contributed by atoms with Crippen molar-refractivity contribution in [3.63, 3.8) is 0 Å². The maximum Gasteiger partial charge on any atom is 0.228 e. The van der Waals surface area contributed by atoms with Crippen LogP contribution in [0.2, 0.25) is 0 Å². The SMILES string of the molecule is CCCCN(CCCC)c1nccc(N2CCCC2=O)n1.Cl. The minimum absolute atomic E-state index is 0. The molecular weight excluding hydrogens is 300 g/mol. The third-order valence-corrected chi connectivity index (χ3v) is 3.82. The molecule has 1 amide bonds. The highest BCUT2D eigenvalue weighted by Crippen LogP contribution is 2.21. The van der Waals surface area contributed by atoms with Crippen LogP contribution in [0.1, 0.15) is 52.4 Å². The van der Waals surface area contributed by atoms with Crippen LogP contribution in [0, 0.1) is 0 Å². The van der Waals surface area contributed by atoms with Crippen LogP contribution in [0.5, 0.6) is 0 Å². The van der Waals surface area contributed by atoms with Crippen molar-refractivity contribution >= 4 is 30.1 Å². The van der Waals surface area contributed by atoms with Gasteiger partial charge in [0, 0.05) is 32.3 Å². The molecule has 124 valence electrons. The lowest BCUT2D eigenvalue weighted by atomic mass is 10.3. The molecule has 1 aliphatic heterocycles. The van der Waals surface area contributed by atoms with E-state index in [0.29, 0.717) is 6.42 Å². The zero-order valence-corrected chi connectivity index (χ0v) is 14.4. The Morgan fingerprint density at radius 1 is 1.23 bits per heavy atom. The van der Waals surface area contributed by atoms with Gasteiger partial charge in [-0.2, -0.15) is 4.98 Å². The fourth-order valence-electron chi connectivity index (χ4n) is 2.54. The van der Waals surface area contributed by atoms with Crippen LogP contribution < -0.4 is 9.80 Å². The lowest BCUT2D eigenvalue weighted by molar-refractivity contribution is -0.117. The average molecular weight is 327 g/mol. The molecular formula is C16H27ClN4O. The van der Waals surface area contributed by atoms with Crippen LogP contribution in [-0.2, 0) is 4.79 Å². The standard InChI is InChI=1S/C16H26N4O.ClH/c1-3-5-11-19(12-6-4-2)16-17-10-9-14(18-16)20-13-7-8-15(20)21;/h9-10H,3-8,11-13H2,1-2H3;1H. The number of unbranched alkanes of at least 4 members (excludes halogenated alkanes) is 2. The molecule has 1 aromatic heterocycles. The Kier molecular flexibility index (Phi) is 8.17. The first kappa shape index (κ1) is 18.7. The summed E-state index contributed by atoms with van der Waals surface area (Å²) in [4.78, 5) is 24.9. The molecule has 0 radical (unpaired) electrons. The van der Waals surface area contributed by atoms with E-state index in [1.165, 1.54) is 0 Å². The van der Waals surface area contributed by atoms with E-state index in [2.05, 4.69) is 28.7 Å². The van der Waals surface area contributed by atoms with Gasteiger partial charge in [-0.05, 0) is 25.3 Å². The summed E-state index contributed by atoms with van der Waals surface area (Å²) in [6.07, 6.45) is 7.93. The Morgan fingerprint density at radius 2 is 1.91 bits per heavy atom. The second-order valence-corrected chi connectivity index (χ2v) is 5.56. The molecule has 5 nitrogen and oxygen atoms in total. The highest BCUT2D eigenvalue weighted by Gasteiger charge is 2.23. The molecule has 0 aromatic carbocycles. The van der Waals surface area contributed by atoms with Gasteiger partial charge in [0.1, 0.15) is 5.82 Å². The molecule has 1 aliphatic rings. The second-order valence-electron chi connectivity index (χ2n) is 5.56. The predicted octanol–water partition coefficient (Wildman–Crippen LogP) is 3.43. The first-order valence-corrected chi connectivity index (χ1v) is 8.14. The molecule has 0 N–H and O–H groups in total. The van der Waals surface area contributed by atoms with E-state index in [-0.39, 0.29) is 18.3 Å². The number of hydrogen-bond acceptors (Lipinski definition) is 4. The van der Waals surface area contributed by atoms with Crippen molar-refractivity contribution in [2.24, 2.45) is 0 Å². The van der Waals surface area contributed by atoms with Gasteiger partial charge in [-0.3, -0.25) is 9.69 Å². The molecule has 6 heteroatoms. The summed E-state index contributed by atoms with van der Waals surface area (Å²) < 4.78 is 0. The van der Waals surface area contributed by atoms with Crippen molar-refractivity contribution in [2.75, 3.05) is 29.4 Å². The number of nitrogens with zero attached hydrogens (tertiary/aromatic N) is 4. The van der Waals surface area contributed by atoms with Crippen molar-refractivity contribution in [2.45, 2.75) is 52.4 Å².